The van der Waals surface area contributed by atoms with E-state index in [-0.39, 0.29) is 29.5 Å². The number of hydrogen-bond donors (Lipinski definition) is 0. The first-order chi connectivity index (χ1) is 16.1. The number of nitriles is 1. The summed E-state index contributed by atoms with van der Waals surface area (Å²) in [6.07, 6.45) is 2.76. The lowest BCUT2D eigenvalue weighted by atomic mass is 9.94. The average Bonchev–Trinajstić information content (AvgIpc) is 3.54. The molecule has 2 fully saturated rings. The van der Waals surface area contributed by atoms with Gasteiger partial charge in [-0.05, 0) is 42.7 Å². The molecule has 1 unspecified atom stereocenters. The molecule has 0 N–H and O–H groups in total. The van der Waals surface area contributed by atoms with E-state index in [1.165, 1.54) is 6.26 Å². The third-order valence-electron chi connectivity index (χ3n) is 6.20. The molecule has 5 rings (SSSR count). The number of aromatic nitrogens is 1. The van der Waals surface area contributed by atoms with Crippen LogP contribution in [0, 0.1) is 17.2 Å². The van der Waals surface area contributed by atoms with Crippen LogP contribution in [0.4, 0.5) is 5.88 Å². The highest BCUT2D eigenvalue weighted by molar-refractivity contribution is 6.30. The highest BCUT2D eigenvalue weighted by atomic mass is 35.5. The monoisotopic (exact) mass is 466 g/mol. The molecule has 9 heteroatoms. The summed E-state index contributed by atoms with van der Waals surface area (Å²) in [5, 5.41) is 10.2. The van der Waals surface area contributed by atoms with E-state index in [0.29, 0.717) is 62.3 Å². The SMILES string of the molecule is N#Cc1nc(-c2ccco2)oc1N1CCC(C(=O)N2CCOC(c3ccc(Cl)cc3)C2)CC1. The first kappa shape index (κ1) is 21.6. The molecule has 1 aromatic carbocycles. The maximum Gasteiger partial charge on any atom is 0.266 e. The molecule has 2 aromatic heterocycles. The second kappa shape index (κ2) is 9.30. The zero-order chi connectivity index (χ0) is 22.8. The van der Waals surface area contributed by atoms with E-state index in [9.17, 15) is 10.1 Å². The van der Waals surface area contributed by atoms with Crippen LogP contribution < -0.4 is 4.90 Å². The van der Waals surface area contributed by atoms with Gasteiger partial charge in [0.1, 0.15) is 12.2 Å². The van der Waals surface area contributed by atoms with Gasteiger partial charge in [0.05, 0.1) is 19.4 Å². The molecule has 1 amide bonds. The number of carbonyl (C=O) groups is 1. The van der Waals surface area contributed by atoms with Crippen LogP contribution in [0.5, 0.6) is 0 Å². The summed E-state index contributed by atoms with van der Waals surface area (Å²) in [5.74, 6) is 1.29. The minimum absolute atomic E-state index is 0.0665. The Hall–Kier alpha value is -3.28. The largest absolute Gasteiger partial charge is 0.459 e. The lowest BCUT2D eigenvalue weighted by Crippen LogP contribution is -2.47. The molecule has 0 spiro atoms. The van der Waals surface area contributed by atoms with Crippen molar-refractivity contribution in [3.63, 3.8) is 0 Å². The van der Waals surface area contributed by atoms with Crippen LogP contribution in [0.1, 0.15) is 30.2 Å². The minimum Gasteiger partial charge on any atom is -0.459 e. The molecule has 0 aliphatic carbocycles. The fourth-order valence-electron chi connectivity index (χ4n) is 4.42. The van der Waals surface area contributed by atoms with Crippen molar-refractivity contribution in [1.82, 2.24) is 9.88 Å². The van der Waals surface area contributed by atoms with Crippen molar-refractivity contribution in [1.29, 1.82) is 5.26 Å². The number of oxazole rings is 1. The molecule has 1 atom stereocenters. The summed E-state index contributed by atoms with van der Waals surface area (Å²) < 4.78 is 17.1. The molecule has 8 nitrogen and oxygen atoms in total. The molecule has 0 bridgehead atoms. The van der Waals surface area contributed by atoms with Gasteiger partial charge in [0.15, 0.2) is 5.76 Å². The maximum atomic E-state index is 13.2. The second-order valence-corrected chi connectivity index (χ2v) is 8.65. The smallest absolute Gasteiger partial charge is 0.266 e. The number of benzene rings is 1. The van der Waals surface area contributed by atoms with Crippen molar-refractivity contribution >= 4 is 23.4 Å². The number of anilines is 1. The standard InChI is InChI=1S/C24H23ClN4O4/c25-18-5-3-16(4-6-18)21-15-29(11-13-32-21)23(30)17-7-9-28(10-8-17)24-19(14-26)27-22(33-24)20-2-1-12-31-20/h1-6,12,17,21H,7-11,13,15H2. The summed E-state index contributed by atoms with van der Waals surface area (Å²) in [7, 11) is 0. The first-order valence-electron chi connectivity index (χ1n) is 11.0. The van der Waals surface area contributed by atoms with Crippen LogP contribution in [0.15, 0.2) is 51.5 Å². The van der Waals surface area contributed by atoms with Gasteiger partial charge in [-0.1, -0.05) is 23.7 Å². The third kappa shape index (κ3) is 4.47. The topological polar surface area (TPSA) is 95.7 Å². The van der Waals surface area contributed by atoms with Gasteiger partial charge in [0.25, 0.3) is 5.89 Å². The summed E-state index contributed by atoms with van der Waals surface area (Å²) in [6, 6.07) is 13.1. The summed E-state index contributed by atoms with van der Waals surface area (Å²) in [4.78, 5) is 21.4. The van der Waals surface area contributed by atoms with Gasteiger partial charge in [0, 0.05) is 30.6 Å². The molecule has 4 heterocycles. The van der Waals surface area contributed by atoms with Crippen molar-refractivity contribution < 1.29 is 18.4 Å². The molecule has 2 aliphatic heterocycles. The van der Waals surface area contributed by atoms with Crippen LogP contribution in [0.25, 0.3) is 11.7 Å². The quantitative estimate of drug-likeness (QED) is 0.566. The number of rotatable bonds is 4. The number of piperidine rings is 1. The number of halogens is 1. The minimum atomic E-state index is -0.146. The Morgan fingerprint density at radius 2 is 1.94 bits per heavy atom. The first-order valence-corrected chi connectivity index (χ1v) is 11.4. The number of furan rings is 1. The Bertz CT molecular complexity index is 1140. The molecule has 0 saturated carbocycles. The van der Waals surface area contributed by atoms with Gasteiger partial charge in [-0.3, -0.25) is 4.79 Å². The highest BCUT2D eigenvalue weighted by Crippen LogP contribution is 2.32. The van der Waals surface area contributed by atoms with Gasteiger partial charge >= 0.3 is 0 Å². The fourth-order valence-corrected chi connectivity index (χ4v) is 4.55. The van der Waals surface area contributed by atoms with Crippen LogP contribution in [0.2, 0.25) is 5.02 Å². The van der Waals surface area contributed by atoms with Crippen LogP contribution >= 0.6 is 11.6 Å². The number of nitrogens with zero attached hydrogens (tertiary/aromatic N) is 4. The Morgan fingerprint density at radius 3 is 2.64 bits per heavy atom. The van der Waals surface area contributed by atoms with Gasteiger partial charge < -0.3 is 23.4 Å². The van der Waals surface area contributed by atoms with E-state index in [0.717, 1.165) is 5.56 Å². The van der Waals surface area contributed by atoms with Crippen LogP contribution in [-0.2, 0) is 9.53 Å². The highest BCUT2D eigenvalue weighted by Gasteiger charge is 2.34. The lowest BCUT2D eigenvalue weighted by Gasteiger charge is -2.37. The average molecular weight is 467 g/mol. The number of ether oxygens (including phenoxy) is 1. The maximum absolute atomic E-state index is 13.2. The number of hydrogen-bond acceptors (Lipinski definition) is 7. The van der Waals surface area contributed by atoms with Crippen LogP contribution in [0.3, 0.4) is 0 Å². The molecule has 3 aromatic rings. The van der Waals surface area contributed by atoms with Crippen molar-refractivity contribution in [2.75, 3.05) is 37.7 Å². The zero-order valence-electron chi connectivity index (χ0n) is 17.9. The summed E-state index contributed by atoms with van der Waals surface area (Å²) in [6.45, 7) is 2.87. The van der Waals surface area contributed by atoms with E-state index in [2.05, 4.69) is 11.1 Å². The van der Waals surface area contributed by atoms with E-state index in [1.807, 2.05) is 34.1 Å². The van der Waals surface area contributed by atoms with Gasteiger partial charge in [-0.15, -0.1) is 0 Å². The van der Waals surface area contributed by atoms with Crippen LogP contribution in [-0.4, -0.2) is 48.6 Å². The van der Waals surface area contributed by atoms with Gasteiger partial charge in [-0.2, -0.15) is 10.2 Å². The molecule has 170 valence electrons. The van der Waals surface area contributed by atoms with E-state index in [1.54, 1.807) is 12.1 Å². The Morgan fingerprint density at radius 1 is 1.15 bits per heavy atom. The number of carbonyl (C=O) groups excluding carboxylic acids is 1. The zero-order valence-corrected chi connectivity index (χ0v) is 18.7. The summed E-state index contributed by atoms with van der Waals surface area (Å²) in [5.41, 5.74) is 1.25. The number of morpholine rings is 1. The second-order valence-electron chi connectivity index (χ2n) is 8.22. The van der Waals surface area contributed by atoms with E-state index in [4.69, 9.17) is 25.2 Å². The predicted molar refractivity (Wildman–Crippen MR) is 121 cm³/mol. The Labute approximate surface area is 196 Å². The normalized spacial score (nSPS) is 19.5. The molecule has 0 radical (unpaired) electrons. The van der Waals surface area contributed by atoms with Gasteiger partial charge in [-0.25, -0.2) is 0 Å². The molecular formula is C24H23ClN4O4. The van der Waals surface area contributed by atoms with E-state index >= 15 is 0 Å². The van der Waals surface area contributed by atoms with Gasteiger partial charge in [0.2, 0.25) is 17.5 Å². The Balaban J connectivity index is 1.22. The predicted octanol–water partition coefficient (Wildman–Crippen LogP) is 4.28. The molecule has 33 heavy (non-hydrogen) atoms. The van der Waals surface area contributed by atoms with E-state index < -0.39 is 0 Å². The molecular weight excluding hydrogens is 444 g/mol. The fraction of sp³-hybridized carbons (Fsp3) is 0.375. The van der Waals surface area contributed by atoms with Crippen molar-refractivity contribution in [2.24, 2.45) is 5.92 Å². The third-order valence-corrected chi connectivity index (χ3v) is 6.45. The summed E-state index contributed by atoms with van der Waals surface area (Å²) >= 11 is 5.99. The Kier molecular flexibility index (Phi) is 6.07. The van der Waals surface area contributed by atoms with Crippen molar-refractivity contribution in [2.45, 2.75) is 18.9 Å². The molecule has 2 saturated heterocycles. The van der Waals surface area contributed by atoms with Crippen molar-refractivity contribution in [3.8, 4) is 17.7 Å². The molecule has 2 aliphatic rings. The van der Waals surface area contributed by atoms with Crippen molar-refractivity contribution in [3.05, 3.63) is 58.9 Å². The lowest BCUT2D eigenvalue weighted by molar-refractivity contribution is -0.144. The number of amides is 1.